The summed E-state index contributed by atoms with van der Waals surface area (Å²) in [4.78, 5) is 24.6. The Bertz CT molecular complexity index is 904. The summed E-state index contributed by atoms with van der Waals surface area (Å²) in [6.45, 7) is 0. The van der Waals surface area contributed by atoms with E-state index >= 15 is 0 Å². The Morgan fingerprint density at radius 2 is 1.93 bits per heavy atom. The molecule has 1 amide bonds. The van der Waals surface area contributed by atoms with Crippen LogP contribution in [0.25, 0.3) is 0 Å². The largest absolute Gasteiger partial charge is 0.493 e. The molecule has 2 aromatic carbocycles. The van der Waals surface area contributed by atoms with Gasteiger partial charge in [-0.1, -0.05) is 23.7 Å². The number of benzene rings is 2. The average Bonchev–Trinajstić information content (AvgIpc) is 2.83. The molecule has 2 atom stereocenters. The number of esters is 1. The van der Waals surface area contributed by atoms with Gasteiger partial charge in [-0.05, 0) is 29.8 Å². The van der Waals surface area contributed by atoms with Crippen LogP contribution in [0, 0.1) is 0 Å². The summed E-state index contributed by atoms with van der Waals surface area (Å²) < 4.78 is 15.8. The van der Waals surface area contributed by atoms with Gasteiger partial charge >= 0.3 is 5.97 Å². The second kappa shape index (κ2) is 8.75. The maximum absolute atomic E-state index is 12.7. The molecule has 6 nitrogen and oxygen atoms in total. The van der Waals surface area contributed by atoms with Crippen LogP contribution in [0.15, 0.2) is 36.4 Å². The van der Waals surface area contributed by atoms with Crippen LogP contribution in [0.2, 0.25) is 5.02 Å². The predicted molar refractivity (Wildman–Crippen MR) is 109 cm³/mol. The van der Waals surface area contributed by atoms with Crippen LogP contribution in [0.5, 0.6) is 11.5 Å². The van der Waals surface area contributed by atoms with Crippen LogP contribution in [-0.4, -0.2) is 38.5 Å². The molecule has 0 saturated carbocycles. The zero-order chi connectivity index (χ0) is 20.3. The van der Waals surface area contributed by atoms with Gasteiger partial charge in [-0.2, -0.15) is 0 Å². The third-order valence-electron chi connectivity index (χ3n) is 4.44. The van der Waals surface area contributed by atoms with E-state index in [9.17, 15) is 9.59 Å². The van der Waals surface area contributed by atoms with E-state index in [4.69, 9.17) is 25.8 Å². The summed E-state index contributed by atoms with van der Waals surface area (Å²) in [7, 11) is 4.44. The molecular formula is C20H20ClNO5S. The highest BCUT2D eigenvalue weighted by Crippen LogP contribution is 2.49. The first-order valence-corrected chi connectivity index (χ1v) is 9.84. The first kappa shape index (κ1) is 20.4. The van der Waals surface area contributed by atoms with Gasteiger partial charge < -0.3 is 19.5 Å². The first-order valence-electron chi connectivity index (χ1n) is 8.52. The van der Waals surface area contributed by atoms with Crippen LogP contribution in [0.3, 0.4) is 0 Å². The molecule has 0 radical (unpaired) electrons. The lowest BCUT2D eigenvalue weighted by Crippen LogP contribution is -2.27. The molecule has 28 heavy (non-hydrogen) atoms. The molecule has 0 fully saturated rings. The van der Waals surface area contributed by atoms with Crippen molar-refractivity contribution < 1.29 is 23.8 Å². The molecule has 1 heterocycles. The molecule has 1 N–H and O–H groups in total. The number of nitrogens with one attached hydrogen (secondary N) is 1. The number of para-hydroxylation sites is 1. The van der Waals surface area contributed by atoms with E-state index in [0.29, 0.717) is 22.2 Å². The van der Waals surface area contributed by atoms with E-state index in [2.05, 4.69) is 5.32 Å². The molecular weight excluding hydrogens is 402 g/mol. The molecule has 148 valence electrons. The molecule has 0 spiro atoms. The monoisotopic (exact) mass is 421 g/mol. The third kappa shape index (κ3) is 4.05. The normalized spacial score (nSPS) is 18.5. The van der Waals surface area contributed by atoms with Crippen LogP contribution >= 0.6 is 23.4 Å². The Kier molecular flexibility index (Phi) is 6.36. The van der Waals surface area contributed by atoms with Crippen molar-refractivity contribution in [3.8, 4) is 11.5 Å². The number of halogens is 1. The number of carbonyl (C=O) groups is 2. The highest BCUT2D eigenvalue weighted by atomic mass is 35.5. The summed E-state index contributed by atoms with van der Waals surface area (Å²) in [5.41, 5.74) is 2.29. The summed E-state index contributed by atoms with van der Waals surface area (Å²) in [6, 6.07) is 10.9. The molecule has 2 aromatic rings. The SMILES string of the molecule is COC(=O)C[C@H]1S[C@H](c2cccc(OC)c2OC)c2cc(Cl)ccc2NC1=O. The van der Waals surface area contributed by atoms with Gasteiger partial charge in [0.1, 0.15) is 0 Å². The summed E-state index contributed by atoms with van der Waals surface area (Å²) in [6.07, 6.45) is -0.0441. The minimum Gasteiger partial charge on any atom is -0.493 e. The fraction of sp³-hybridized carbons (Fsp3) is 0.300. The third-order valence-corrected chi connectivity index (χ3v) is 6.17. The van der Waals surface area contributed by atoms with Crippen LogP contribution in [0.4, 0.5) is 5.69 Å². The Morgan fingerprint density at radius 3 is 2.61 bits per heavy atom. The minimum absolute atomic E-state index is 0.0441. The topological polar surface area (TPSA) is 73.9 Å². The lowest BCUT2D eigenvalue weighted by atomic mass is 10.0. The van der Waals surface area contributed by atoms with Crippen LogP contribution in [0.1, 0.15) is 22.8 Å². The number of carbonyl (C=O) groups excluding carboxylic acids is 2. The average molecular weight is 422 g/mol. The molecule has 1 aliphatic heterocycles. The molecule has 0 saturated heterocycles. The number of thioether (sulfide) groups is 1. The van der Waals surface area contributed by atoms with E-state index in [1.54, 1.807) is 32.4 Å². The van der Waals surface area contributed by atoms with Gasteiger partial charge in [-0.25, -0.2) is 0 Å². The number of hydrogen-bond acceptors (Lipinski definition) is 6. The minimum atomic E-state index is -0.639. The fourth-order valence-electron chi connectivity index (χ4n) is 3.11. The van der Waals surface area contributed by atoms with Crippen molar-refractivity contribution in [3.63, 3.8) is 0 Å². The number of rotatable bonds is 5. The van der Waals surface area contributed by atoms with Crippen molar-refractivity contribution in [1.82, 2.24) is 0 Å². The molecule has 1 aliphatic rings. The quantitative estimate of drug-likeness (QED) is 0.734. The van der Waals surface area contributed by atoms with Crippen molar-refractivity contribution in [2.24, 2.45) is 0 Å². The Labute approximate surface area is 172 Å². The Hall–Kier alpha value is -2.38. The second-order valence-electron chi connectivity index (χ2n) is 6.09. The predicted octanol–water partition coefficient (Wildman–Crippen LogP) is 4.06. The summed E-state index contributed by atoms with van der Waals surface area (Å²) >= 11 is 7.59. The number of methoxy groups -OCH3 is 3. The highest BCUT2D eigenvalue weighted by molar-refractivity contribution is 8.01. The van der Waals surface area contributed by atoms with Crippen molar-refractivity contribution in [3.05, 3.63) is 52.5 Å². The van der Waals surface area contributed by atoms with Gasteiger partial charge in [0.15, 0.2) is 11.5 Å². The van der Waals surface area contributed by atoms with Gasteiger partial charge in [-0.3, -0.25) is 9.59 Å². The summed E-state index contributed by atoms with van der Waals surface area (Å²) in [5, 5.41) is 2.49. The zero-order valence-corrected chi connectivity index (χ0v) is 17.2. The Balaban J connectivity index is 2.15. The lowest BCUT2D eigenvalue weighted by molar-refractivity contribution is -0.141. The number of amides is 1. The van der Waals surface area contributed by atoms with Gasteiger partial charge in [0, 0.05) is 16.3 Å². The number of fused-ring (bicyclic) bond motifs is 1. The van der Waals surface area contributed by atoms with Crippen molar-refractivity contribution in [2.75, 3.05) is 26.6 Å². The van der Waals surface area contributed by atoms with Crippen molar-refractivity contribution in [1.29, 1.82) is 0 Å². The van der Waals surface area contributed by atoms with Gasteiger partial charge in [0.05, 0.1) is 38.3 Å². The standard InChI is InChI=1S/C20H20ClNO5S/c1-25-15-6-4-5-12(18(15)27-3)19-13-9-11(21)7-8-14(13)22-20(24)16(28-19)10-17(23)26-2/h4-9,16,19H,10H2,1-3H3,(H,22,24)/t16-,19-/m1/s1. The number of anilines is 1. The van der Waals surface area contributed by atoms with Crippen LogP contribution in [-0.2, 0) is 14.3 Å². The summed E-state index contributed by atoms with van der Waals surface area (Å²) in [5.74, 6) is 0.438. The van der Waals surface area contributed by atoms with E-state index in [-0.39, 0.29) is 17.6 Å². The van der Waals surface area contributed by atoms with Crippen molar-refractivity contribution in [2.45, 2.75) is 16.9 Å². The molecule has 8 heteroatoms. The molecule has 0 unspecified atom stereocenters. The first-order chi connectivity index (χ1) is 13.5. The molecule has 0 aliphatic carbocycles. The van der Waals surface area contributed by atoms with Gasteiger partial charge in [-0.15, -0.1) is 11.8 Å². The number of ether oxygens (including phenoxy) is 3. The molecule has 3 rings (SSSR count). The fourth-order valence-corrected chi connectivity index (χ4v) is 4.71. The maximum atomic E-state index is 12.7. The molecule has 0 bridgehead atoms. The van der Waals surface area contributed by atoms with Crippen molar-refractivity contribution >= 4 is 40.9 Å². The van der Waals surface area contributed by atoms with Crippen LogP contribution < -0.4 is 14.8 Å². The lowest BCUT2D eigenvalue weighted by Gasteiger charge is -2.23. The van der Waals surface area contributed by atoms with Gasteiger partial charge in [0.2, 0.25) is 5.91 Å². The second-order valence-corrected chi connectivity index (χ2v) is 7.84. The maximum Gasteiger partial charge on any atom is 0.307 e. The van der Waals surface area contributed by atoms with E-state index in [1.807, 2.05) is 18.2 Å². The smallest absolute Gasteiger partial charge is 0.307 e. The Morgan fingerprint density at radius 1 is 1.14 bits per heavy atom. The zero-order valence-electron chi connectivity index (χ0n) is 15.7. The highest BCUT2D eigenvalue weighted by Gasteiger charge is 2.35. The van der Waals surface area contributed by atoms with Gasteiger partial charge in [0.25, 0.3) is 0 Å². The van der Waals surface area contributed by atoms with E-state index in [1.165, 1.54) is 18.9 Å². The number of hydrogen-bond donors (Lipinski definition) is 1. The van der Waals surface area contributed by atoms with E-state index < -0.39 is 11.2 Å². The molecule has 0 aromatic heterocycles. The van der Waals surface area contributed by atoms with E-state index in [0.717, 1.165) is 11.1 Å².